The average molecular weight is 481 g/mol. The zero-order chi connectivity index (χ0) is 18.1. The van der Waals surface area contributed by atoms with Gasteiger partial charge in [0.05, 0.1) is 11.4 Å². The Kier molecular flexibility index (Phi) is 9.45. The summed E-state index contributed by atoms with van der Waals surface area (Å²) >= 11 is 3.44. The number of rotatable bonds is 5. The summed E-state index contributed by atoms with van der Waals surface area (Å²) in [7, 11) is -2.97. The van der Waals surface area contributed by atoms with Gasteiger partial charge in [-0.1, -0.05) is 28.1 Å². The van der Waals surface area contributed by atoms with Crippen molar-refractivity contribution in [2.75, 3.05) is 6.79 Å². The average Bonchev–Trinajstić information content (AvgIpc) is 3.26. The third-order valence-corrected chi connectivity index (χ3v) is 4.67. The first-order valence-electron chi connectivity index (χ1n) is 7.61. The molecule has 0 saturated carbocycles. The number of halogens is 1. The molecule has 7 nitrogen and oxygen atoms in total. The van der Waals surface area contributed by atoms with E-state index in [-0.39, 0.29) is 72.6 Å². The van der Waals surface area contributed by atoms with Crippen LogP contribution in [0.1, 0.15) is 0 Å². The van der Waals surface area contributed by atoms with Crippen molar-refractivity contribution >= 4 is 24.5 Å². The maximum atomic E-state index is 10.8. The van der Waals surface area contributed by atoms with Gasteiger partial charge in [0.25, 0.3) is 0 Å². The maximum Gasteiger partial charge on any atom is 1.00 e. The standard InChI is InChI=1S/C17H12BrN2O5P.2Na/c18-13-3-1-2-11(6-13)14-8-15(20(19-14)9-25-26(21)22)12-4-5-16-17(7-12)24-10-23-16;;/h1-8H,9-10H2;;/q-2;2*+1. The molecule has 28 heavy (non-hydrogen) atoms. The molecule has 0 aliphatic carbocycles. The molecule has 0 N–H and O–H groups in total. The minimum absolute atomic E-state index is 0. The minimum atomic E-state index is -2.97. The zero-order valence-corrected chi connectivity index (χ0v) is 21.8. The molecular weight excluding hydrogens is 469 g/mol. The van der Waals surface area contributed by atoms with Crippen molar-refractivity contribution in [3.05, 3.63) is 53.0 Å². The number of fused-ring (bicyclic) bond motifs is 1. The van der Waals surface area contributed by atoms with Crippen LogP contribution in [0.25, 0.3) is 22.5 Å². The van der Waals surface area contributed by atoms with Crippen molar-refractivity contribution in [3.63, 3.8) is 0 Å². The van der Waals surface area contributed by atoms with Crippen molar-refractivity contribution in [2.45, 2.75) is 6.73 Å². The molecule has 11 heteroatoms. The van der Waals surface area contributed by atoms with E-state index in [1.165, 1.54) is 4.68 Å². The van der Waals surface area contributed by atoms with Crippen molar-refractivity contribution in [3.8, 4) is 34.0 Å². The van der Waals surface area contributed by atoms with E-state index in [2.05, 4.69) is 21.0 Å². The summed E-state index contributed by atoms with van der Waals surface area (Å²) in [6, 6.07) is 15.1. The first kappa shape index (κ1) is 24.3. The molecule has 0 spiro atoms. The SMILES string of the molecule is [Na+].[Na+].[O-]P([O-])OCn1nc(-c2cccc(Br)c2)cc1-c1ccc2c(c1)OCO2. The monoisotopic (exact) mass is 480 g/mol. The third kappa shape index (κ3) is 5.59. The Bertz CT molecular complexity index is 957. The fraction of sp³-hybridized carbons (Fsp3) is 0.118. The summed E-state index contributed by atoms with van der Waals surface area (Å²) in [4.78, 5) is 21.7. The molecule has 3 aromatic rings. The summed E-state index contributed by atoms with van der Waals surface area (Å²) in [5.41, 5.74) is 3.11. The maximum absolute atomic E-state index is 10.8. The van der Waals surface area contributed by atoms with Crippen LogP contribution in [0, 0.1) is 0 Å². The van der Waals surface area contributed by atoms with E-state index in [9.17, 15) is 9.79 Å². The van der Waals surface area contributed by atoms with Gasteiger partial charge in [0.2, 0.25) is 6.79 Å². The van der Waals surface area contributed by atoms with E-state index < -0.39 is 8.60 Å². The van der Waals surface area contributed by atoms with E-state index in [0.717, 1.165) is 15.6 Å². The molecule has 0 bridgehead atoms. The van der Waals surface area contributed by atoms with E-state index in [0.29, 0.717) is 22.9 Å². The Morgan fingerprint density at radius 2 is 1.82 bits per heavy atom. The molecule has 0 fully saturated rings. The third-order valence-electron chi connectivity index (χ3n) is 3.85. The van der Waals surface area contributed by atoms with Crippen molar-refractivity contribution in [2.24, 2.45) is 0 Å². The molecule has 0 unspecified atom stereocenters. The fourth-order valence-electron chi connectivity index (χ4n) is 2.69. The van der Waals surface area contributed by atoms with Gasteiger partial charge in [-0.3, -0.25) is 0 Å². The topological polar surface area (TPSA) is 91.6 Å². The Morgan fingerprint density at radius 1 is 1.04 bits per heavy atom. The van der Waals surface area contributed by atoms with Gasteiger partial charge in [-0.05, 0) is 36.4 Å². The zero-order valence-electron chi connectivity index (χ0n) is 15.3. The summed E-state index contributed by atoms with van der Waals surface area (Å²) in [5.74, 6) is 1.31. The summed E-state index contributed by atoms with van der Waals surface area (Å²) < 4.78 is 17.9. The van der Waals surface area contributed by atoms with Crippen LogP contribution in [0.5, 0.6) is 11.5 Å². The van der Waals surface area contributed by atoms with Gasteiger partial charge in [0, 0.05) is 15.6 Å². The molecule has 0 saturated heterocycles. The molecule has 2 aromatic carbocycles. The fourth-order valence-corrected chi connectivity index (χ4v) is 3.30. The summed E-state index contributed by atoms with van der Waals surface area (Å²) in [6.45, 7) is -0.0302. The Hall–Kier alpha value is 0.0400. The Labute approximate surface area is 215 Å². The molecule has 4 rings (SSSR count). The van der Waals surface area contributed by atoms with Gasteiger partial charge >= 0.3 is 59.1 Å². The number of aromatic nitrogens is 2. The minimum Gasteiger partial charge on any atom is -0.820 e. The predicted octanol–water partition coefficient (Wildman–Crippen LogP) is -3.36. The van der Waals surface area contributed by atoms with Crippen LogP contribution in [0.3, 0.4) is 0 Å². The smallest absolute Gasteiger partial charge is 0.820 e. The van der Waals surface area contributed by atoms with Gasteiger partial charge in [-0.25, -0.2) is 4.68 Å². The van der Waals surface area contributed by atoms with Gasteiger partial charge in [0.1, 0.15) is 6.73 Å². The second-order valence-electron chi connectivity index (χ2n) is 5.47. The number of hydrogen-bond acceptors (Lipinski definition) is 6. The van der Waals surface area contributed by atoms with Crippen LogP contribution in [0.15, 0.2) is 53.0 Å². The van der Waals surface area contributed by atoms with Gasteiger partial charge in [0.15, 0.2) is 11.5 Å². The molecule has 1 aliphatic rings. The number of ether oxygens (including phenoxy) is 2. The summed E-state index contributed by atoms with van der Waals surface area (Å²) in [5, 5.41) is 4.49. The molecule has 1 aliphatic heterocycles. The Balaban J connectivity index is 0.00000140. The molecule has 0 radical (unpaired) electrons. The van der Waals surface area contributed by atoms with Crippen molar-refractivity contribution < 1.29 is 82.9 Å². The van der Waals surface area contributed by atoms with E-state index in [1.54, 1.807) is 0 Å². The van der Waals surface area contributed by atoms with Gasteiger partial charge < -0.3 is 23.8 Å². The van der Waals surface area contributed by atoms with Crippen LogP contribution in [0.4, 0.5) is 0 Å². The van der Waals surface area contributed by atoms with Crippen LogP contribution in [-0.4, -0.2) is 16.6 Å². The van der Waals surface area contributed by atoms with Crippen LogP contribution < -0.4 is 78.4 Å². The Morgan fingerprint density at radius 3 is 2.57 bits per heavy atom. The summed E-state index contributed by atoms with van der Waals surface area (Å²) in [6.07, 6.45) is 0. The van der Waals surface area contributed by atoms with Crippen LogP contribution in [-0.2, 0) is 11.3 Å². The van der Waals surface area contributed by atoms with E-state index in [4.69, 9.17) is 14.0 Å². The normalized spacial score (nSPS) is 11.9. The molecule has 134 valence electrons. The number of nitrogens with zero attached hydrogens (tertiary/aromatic N) is 2. The van der Waals surface area contributed by atoms with Crippen LogP contribution >= 0.6 is 24.5 Å². The second-order valence-corrected chi connectivity index (χ2v) is 7.10. The predicted molar refractivity (Wildman–Crippen MR) is 94.9 cm³/mol. The second kappa shape index (κ2) is 10.9. The molecule has 1 aromatic heterocycles. The molecule has 0 amide bonds. The van der Waals surface area contributed by atoms with Crippen molar-refractivity contribution in [1.29, 1.82) is 0 Å². The van der Waals surface area contributed by atoms with E-state index in [1.807, 2.05) is 48.5 Å². The van der Waals surface area contributed by atoms with E-state index >= 15 is 0 Å². The largest absolute Gasteiger partial charge is 1.00 e. The molecular formula is C17H12BrN2Na2O5P. The van der Waals surface area contributed by atoms with Crippen LogP contribution in [0.2, 0.25) is 0 Å². The first-order valence-corrected chi connectivity index (χ1v) is 9.50. The van der Waals surface area contributed by atoms with Crippen molar-refractivity contribution in [1.82, 2.24) is 9.78 Å². The molecule has 0 atom stereocenters. The number of hydrogen-bond donors (Lipinski definition) is 0. The number of benzene rings is 2. The quantitative estimate of drug-likeness (QED) is 0.280. The molecule has 2 heterocycles. The van der Waals surface area contributed by atoms with Gasteiger partial charge in [-0.15, -0.1) is 0 Å². The van der Waals surface area contributed by atoms with Gasteiger partial charge in [-0.2, -0.15) is 13.7 Å². The first-order chi connectivity index (χ1) is 12.6.